The summed E-state index contributed by atoms with van der Waals surface area (Å²) < 4.78 is 12.3. The van der Waals surface area contributed by atoms with Crippen LogP contribution in [0.15, 0.2) is 30.5 Å². The van der Waals surface area contributed by atoms with Gasteiger partial charge in [-0.05, 0) is 19.1 Å². The maximum Gasteiger partial charge on any atom is 0.272 e. The van der Waals surface area contributed by atoms with E-state index >= 15 is 0 Å². The van der Waals surface area contributed by atoms with E-state index in [1.54, 1.807) is 43.1 Å². The number of aryl methyl sites for hydroxylation is 1. The molecule has 118 valence electrons. The van der Waals surface area contributed by atoms with Crippen molar-refractivity contribution in [2.45, 2.75) is 13.5 Å². The predicted molar refractivity (Wildman–Crippen MR) is 83.2 cm³/mol. The fourth-order valence-corrected chi connectivity index (χ4v) is 2.36. The van der Waals surface area contributed by atoms with E-state index in [0.29, 0.717) is 30.3 Å². The average molecular weight is 303 g/mol. The van der Waals surface area contributed by atoms with Gasteiger partial charge in [0.05, 0.1) is 14.2 Å². The van der Waals surface area contributed by atoms with Gasteiger partial charge in [0, 0.05) is 31.9 Å². The van der Waals surface area contributed by atoms with Crippen LogP contribution >= 0.6 is 0 Å². The van der Waals surface area contributed by atoms with Gasteiger partial charge in [0.2, 0.25) is 0 Å². The second-order valence-electron chi connectivity index (χ2n) is 4.81. The number of hydrogen-bond acceptors (Lipinski definition) is 4. The van der Waals surface area contributed by atoms with Gasteiger partial charge in [-0.15, -0.1) is 0 Å². The summed E-state index contributed by atoms with van der Waals surface area (Å²) in [5.41, 5.74) is 1.46. The molecule has 0 aliphatic carbocycles. The maximum absolute atomic E-state index is 12.6. The summed E-state index contributed by atoms with van der Waals surface area (Å²) in [7, 11) is 4.95. The highest BCUT2D eigenvalue weighted by Crippen LogP contribution is 2.31. The molecular weight excluding hydrogens is 282 g/mol. The first kappa shape index (κ1) is 15.9. The predicted octanol–water partition coefficient (Wildman–Crippen LogP) is 2.10. The molecule has 6 nitrogen and oxygen atoms in total. The van der Waals surface area contributed by atoms with E-state index in [9.17, 15) is 4.79 Å². The Hall–Kier alpha value is -2.50. The highest BCUT2D eigenvalue weighted by molar-refractivity contribution is 5.92. The van der Waals surface area contributed by atoms with Gasteiger partial charge in [-0.3, -0.25) is 9.48 Å². The first-order chi connectivity index (χ1) is 10.6. The Morgan fingerprint density at radius 2 is 2.05 bits per heavy atom. The third-order valence-corrected chi connectivity index (χ3v) is 3.55. The fourth-order valence-electron chi connectivity index (χ4n) is 2.36. The number of carbonyl (C=O) groups is 1. The summed E-state index contributed by atoms with van der Waals surface area (Å²) in [6.45, 7) is 2.98. The number of nitrogens with zero attached hydrogens (tertiary/aromatic N) is 3. The van der Waals surface area contributed by atoms with Crippen LogP contribution in [0.3, 0.4) is 0 Å². The molecule has 1 heterocycles. The van der Waals surface area contributed by atoms with Gasteiger partial charge < -0.3 is 14.4 Å². The lowest BCUT2D eigenvalue weighted by Crippen LogP contribution is -2.32. The first-order valence-corrected chi connectivity index (χ1v) is 7.09. The van der Waals surface area contributed by atoms with Crippen molar-refractivity contribution in [3.05, 3.63) is 41.7 Å². The van der Waals surface area contributed by atoms with Crippen molar-refractivity contribution >= 4 is 5.91 Å². The number of rotatable bonds is 6. The van der Waals surface area contributed by atoms with Crippen LogP contribution < -0.4 is 9.47 Å². The van der Waals surface area contributed by atoms with E-state index in [-0.39, 0.29) is 5.91 Å². The summed E-state index contributed by atoms with van der Waals surface area (Å²) in [5, 5.41) is 4.05. The number of ether oxygens (including phenoxy) is 2. The molecule has 0 atom stereocenters. The van der Waals surface area contributed by atoms with E-state index < -0.39 is 0 Å². The number of hydrogen-bond donors (Lipinski definition) is 0. The second kappa shape index (κ2) is 6.98. The lowest BCUT2D eigenvalue weighted by atomic mass is 10.1. The molecule has 0 aliphatic heterocycles. The normalized spacial score (nSPS) is 10.4. The molecule has 0 radical (unpaired) electrons. The fraction of sp³-hybridized carbons (Fsp3) is 0.375. The molecule has 1 aromatic carbocycles. The van der Waals surface area contributed by atoms with Crippen molar-refractivity contribution in [3.8, 4) is 11.5 Å². The summed E-state index contributed by atoms with van der Waals surface area (Å²) in [6.07, 6.45) is 1.62. The monoisotopic (exact) mass is 303 g/mol. The summed E-state index contributed by atoms with van der Waals surface area (Å²) in [4.78, 5) is 14.4. The Morgan fingerprint density at radius 3 is 2.59 bits per heavy atom. The maximum atomic E-state index is 12.6. The van der Waals surface area contributed by atoms with Crippen molar-refractivity contribution < 1.29 is 14.3 Å². The van der Waals surface area contributed by atoms with Crippen LogP contribution in [-0.4, -0.2) is 41.4 Å². The Morgan fingerprint density at radius 1 is 1.27 bits per heavy atom. The summed E-state index contributed by atoms with van der Waals surface area (Å²) in [6, 6.07) is 7.37. The molecule has 0 aliphatic rings. The third kappa shape index (κ3) is 3.05. The van der Waals surface area contributed by atoms with Crippen LogP contribution in [0.2, 0.25) is 0 Å². The molecule has 22 heavy (non-hydrogen) atoms. The van der Waals surface area contributed by atoms with Gasteiger partial charge in [-0.2, -0.15) is 5.10 Å². The Bertz CT molecular complexity index is 652. The van der Waals surface area contributed by atoms with Gasteiger partial charge in [0.25, 0.3) is 5.91 Å². The van der Waals surface area contributed by atoms with Crippen molar-refractivity contribution in [2.24, 2.45) is 7.05 Å². The Labute approximate surface area is 130 Å². The standard InChI is InChI=1S/C16H21N3O3/c1-5-19(16(20)13-9-10-17-18(13)2)11-12-7-6-8-14(21-3)15(12)22-4/h6-10H,5,11H2,1-4H3. The summed E-state index contributed by atoms with van der Waals surface area (Å²) >= 11 is 0. The number of para-hydroxylation sites is 1. The minimum atomic E-state index is -0.0626. The van der Waals surface area contributed by atoms with E-state index in [1.165, 1.54) is 0 Å². The van der Waals surface area contributed by atoms with Gasteiger partial charge in [0.1, 0.15) is 5.69 Å². The van der Waals surface area contributed by atoms with Crippen molar-refractivity contribution in [3.63, 3.8) is 0 Å². The zero-order chi connectivity index (χ0) is 16.1. The SMILES string of the molecule is CCN(Cc1cccc(OC)c1OC)C(=O)c1ccnn1C. The number of carbonyl (C=O) groups excluding carboxylic acids is 1. The molecule has 1 aromatic heterocycles. The zero-order valence-corrected chi connectivity index (χ0v) is 13.4. The molecule has 1 amide bonds. The molecule has 0 fully saturated rings. The molecule has 2 aromatic rings. The Kier molecular flexibility index (Phi) is 5.04. The lowest BCUT2D eigenvalue weighted by Gasteiger charge is -2.22. The van der Waals surface area contributed by atoms with E-state index in [0.717, 1.165) is 5.56 Å². The largest absolute Gasteiger partial charge is 0.493 e. The van der Waals surface area contributed by atoms with Crippen molar-refractivity contribution in [2.75, 3.05) is 20.8 Å². The summed E-state index contributed by atoms with van der Waals surface area (Å²) in [5.74, 6) is 1.25. The van der Waals surface area contributed by atoms with Crippen LogP contribution in [0.5, 0.6) is 11.5 Å². The molecule has 6 heteroatoms. The minimum absolute atomic E-state index is 0.0626. The van der Waals surface area contributed by atoms with Crippen LogP contribution in [0.1, 0.15) is 23.0 Å². The van der Waals surface area contributed by atoms with Crippen LogP contribution in [-0.2, 0) is 13.6 Å². The molecule has 0 saturated heterocycles. The van der Waals surface area contributed by atoms with Gasteiger partial charge in [0.15, 0.2) is 11.5 Å². The first-order valence-electron chi connectivity index (χ1n) is 7.09. The van der Waals surface area contributed by atoms with Gasteiger partial charge in [-0.1, -0.05) is 12.1 Å². The quantitative estimate of drug-likeness (QED) is 0.820. The average Bonchev–Trinajstić information content (AvgIpc) is 2.97. The molecule has 0 saturated carbocycles. The molecule has 0 spiro atoms. The minimum Gasteiger partial charge on any atom is -0.493 e. The highest BCUT2D eigenvalue weighted by atomic mass is 16.5. The van der Waals surface area contributed by atoms with Crippen molar-refractivity contribution in [1.82, 2.24) is 14.7 Å². The zero-order valence-electron chi connectivity index (χ0n) is 13.4. The number of methoxy groups -OCH3 is 2. The van der Waals surface area contributed by atoms with Crippen molar-refractivity contribution in [1.29, 1.82) is 0 Å². The van der Waals surface area contributed by atoms with Crippen LogP contribution in [0.4, 0.5) is 0 Å². The molecule has 0 unspecified atom stereocenters. The van der Waals surface area contributed by atoms with Gasteiger partial charge in [-0.25, -0.2) is 0 Å². The second-order valence-corrected chi connectivity index (χ2v) is 4.81. The van der Waals surface area contributed by atoms with E-state index in [2.05, 4.69) is 5.10 Å². The Balaban J connectivity index is 2.28. The van der Waals surface area contributed by atoms with E-state index in [1.807, 2.05) is 25.1 Å². The van der Waals surface area contributed by atoms with E-state index in [4.69, 9.17) is 9.47 Å². The third-order valence-electron chi connectivity index (χ3n) is 3.55. The number of aromatic nitrogens is 2. The van der Waals surface area contributed by atoms with Crippen LogP contribution in [0, 0.1) is 0 Å². The smallest absolute Gasteiger partial charge is 0.272 e. The molecule has 0 bridgehead atoms. The molecule has 2 rings (SSSR count). The number of amides is 1. The number of benzene rings is 1. The highest BCUT2D eigenvalue weighted by Gasteiger charge is 2.20. The van der Waals surface area contributed by atoms with Gasteiger partial charge >= 0.3 is 0 Å². The van der Waals surface area contributed by atoms with Crippen LogP contribution in [0.25, 0.3) is 0 Å². The molecular formula is C16H21N3O3. The topological polar surface area (TPSA) is 56.6 Å². The lowest BCUT2D eigenvalue weighted by molar-refractivity contribution is 0.0740. The molecule has 0 N–H and O–H groups in total.